The van der Waals surface area contributed by atoms with Crippen molar-refractivity contribution in [2.45, 2.75) is 24.7 Å². The molecular weight excluding hydrogens is 366 g/mol. The number of benzene rings is 2. The molecular formula is C19H21N3O4S. The molecule has 0 unspecified atom stereocenters. The van der Waals surface area contributed by atoms with Crippen molar-refractivity contribution in [3.05, 3.63) is 69.8 Å². The molecule has 0 aliphatic carbocycles. The third-order valence-corrected chi connectivity index (χ3v) is 5.70. The Hall–Kier alpha value is -2.71. The maximum atomic E-state index is 11.9. The topological polar surface area (TPSA) is 107 Å². The second-order valence-corrected chi connectivity index (χ2v) is 7.96. The fourth-order valence-electron chi connectivity index (χ4n) is 3.21. The Bertz CT molecular complexity index is 998. The summed E-state index contributed by atoms with van der Waals surface area (Å²) < 4.78 is 23.8. The summed E-state index contributed by atoms with van der Waals surface area (Å²) in [4.78, 5) is 12.2. The number of nitrogens with two attached hydrogens (primary N) is 1. The van der Waals surface area contributed by atoms with Gasteiger partial charge in [-0.05, 0) is 35.6 Å². The number of nitro groups is 1. The van der Waals surface area contributed by atoms with Gasteiger partial charge in [0.15, 0.2) is 0 Å². The van der Waals surface area contributed by atoms with Gasteiger partial charge in [-0.15, -0.1) is 0 Å². The van der Waals surface area contributed by atoms with Gasteiger partial charge in [-0.3, -0.25) is 10.1 Å². The SMILES string of the molecule is CCc1ccc(C2=CCN(c3cc([N+](=O)[O-])ccc3S(N)(=O)=O)CC2)cc1. The van der Waals surface area contributed by atoms with Crippen molar-refractivity contribution in [1.29, 1.82) is 0 Å². The number of hydrogen-bond acceptors (Lipinski definition) is 5. The second kappa shape index (κ2) is 7.50. The summed E-state index contributed by atoms with van der Waals surface area (Å²) in [5, 5.41) is 16.4. The largest absolute Gasteiger partial charge is 0.366 e. The summed E-state index contributed by atoms with van der Waals surface area (Å²) in [7, 11) is -3.98. The minimum atomic E-state index is -3.98. The lowest BCUT2D eigenvalue weighted by molar-refractivity contribution is -0.384. The van der Waals surface area contributed by atoms with Crippen LogP contribution in [0.3, 0.4) is 0 Å². The molecule has 0 amide bonds. The molecule has 0 saturated carbocycles. The molecule has 1 aliphatic heterocycles. The third kappa shape index (κ3) is 4.17. The van der Waals surface area contributed by atoms with Gasteiger partial charge >= 0.3 is 0 Å². The summed E-state index contributed by atoms with van der Waals surface area (Å²) in [6.07, 6.45) is 3.71. The summed E-state index contributed by atoms with van der Waals surface area (Å²) in [5.74, 6) is 0. The smallest absolute Gasteiger partial charge is 0.271 e. The van der Waals surface area contributed by atoms with Crippen molar-refractivity contribution in [2.24, 2.45) is 5.14 Å². The van der Waals surface area contributed by atoms with Gasteiger partial charge in [0.25, 0.3) is 5.69 Å². The molecule has 1 heterocycles. The Kier molecular flexibility index (Phi) is 5.29. The minimum absolute atomic E-state index is 0.0998. The van der Waals surface area contributed by atoms with Crippen LogP contribution in [0.2, 0.25) is 0 Å². The first kappa shape index (κ1) is 19.1. The monoisotopic (exact) mass is 387 g/mol. The number of nitrogens with zero attached hydrogens (tertiary/aromatic N) is 2. The second-order valence-electron chi connectivity index (χ2n) is 6.43. The number of non-ortho nitro benzene ring substituents is 1. The highest BCUT2D eigenvalue weighted by atomic mass is 32.2. The molecule has 27 heavy (non-hydrogen) atoms. The lowest BCUT2D eigenvalue weighted by atomic mass is 9.97. The molecule has 7 nitrogen and oxygen atoms in total. The van der Waals surface area contributed by atoms with Crippen LogP contribution in [0.5, 0.6) is 0 Å². The van der Waals surface area contributed by atoms with Crippen LogP contribution in [-0.2, 0) is 16.4 Å². The highest BCUT2D eigenvalue weighted by Gasteiger charge is 2.23. The van der Waals surface area contributed by atoms with E-state index in [9.17, 15) is 18.5 Å². The summed E-state index contributed by atoms with van der Waals surface area (Å²) in [5.41, 5.74) is 3.69. The van der Waals surface area contributed by atoms with Crippen molar-refractivity contribution in [2.75, 3.05) is 18.0 Å². The first-order valence-corrected chi connectivity index (χ1v) is 10.2. The van der Waals surface area contributed by atoms with E-state index in [0.29, 0.717) is 19.5 Å². The van der Waals surface area contributed by atoms with Crippen molar-refractivity contribution in [3.8, 4) is 0 Å². The van der Waals surface area contributed by atoms with Gasteiger partial charge in [-0.2, -0.15) is 0 Å². The van der Waals surface area contributed by atoms with Gasteiger partial charge < -0.3 is 4.90 Å². The van der Waals surface area contributed by atoms with Crippen LogP contribution in [0.25, 0.3) is 5.57 Å². The number of sulfonamides is 1. The van der Waals surface area contributed by atoms with E-state index in [2.05, 4.69) is 31.2 Å². The van der Waals surface area contributed by atoms with E-state index >= 15 is 0 Å². The highest BCUT2D eigenvalue weighted by Crippen LogP contribution is 2.32. The van der Waals surface area contributed by atoms with Crippen molar-refractivity contribution in [1.82, 2.24) is 0 Å². The third-order valence-electron chi connectivity index (χ3n) is 4.74. The molecule has 2 aromatic rings. The van der Waals surface area contributed by atoms with Gasteiger partial charge in [0.1, 0.15) is 4.90 Å². The molecule has 0 saturated heterocycles. The highest BCUT2D eigenvalue weighted by molar-refractivity contribution is 7.89. The predicted octanol–water partition coefficient (Wildman–Crippen LogP) is 3.10. The van der Waals surface area contributed by atoms with Gasteiger partial charge in [-0.1, -0.05) is 37.3 Å². The van der Waals surface area contributed by atoms with E-state index < -0.39 is 14.9 Å². The number of nitro benzene ring substituents is 1. The average molecular weight is 387 g/mol. The Morgan fingerprint density at radius 3 is 2.41 bits per heavy atom. The first-order valence-electron chi connectivity index (χ1n) is 8.64. The number of primary sulfonamides is 1. The number of anilines is 1. The van der Waals surface area contributed by atoms with E-state index in [1.807, 2.05) is 6.08 Å². The minimum Gasteiger partial charge on any atom is -0.366 e. The molecule has 8 heteroatoms. The molecule has 142 valence electrons. The molecule has 0 spiro atoms. The molecule has 0 radical (unpaired) electrons. The fraction of sp³-hybridized carbons (Fsp3) is 0.263. The predicted molar refractivity (Wildman–Crippen MR) is 105 cm³/mol. The average Bonchev–Trinajstić information content (AvgIpc) is 2.67. The van der Waals surface area contributed by atoms with Crippen LogP contribution in [0.15, 0.2) is 53.4 Å². The lowest BCUT2D eigenvalue weighted by Gasteiger charge is -2.29. The number of rotatable bonds is 5. The Labute approximate surface area is 158 Å². The van der Waals surface area contributed by atoms with Crippen LogP contribution >= 0.6 is 0 Å². The van der Waals surface area contributed by atoms with Gasteiger partial charge in [-0.25, -0.2) is 13.6 Å². The Balaban J connectivity index is 1.91. The Morgan fingerprint density at radius 2 is 1.89 bits per heavy atom. The summed E-state index contributed by atoms with van der Waals surface area (Å²) in [6, 6.07) is 12.0. The molecule has 0 atom stereocenters. The number of aryl methyl sites for hydroxylation is 1. The number of hydrogen-bond donors (Lipinski definition) is 1. The lowest BCUT2D eigenvalue weighted by Crippen LogP contribution is -2.30. The van der Waals surface area contributed by atoms with E-state index in [0.717, 1.165) is 18.1 Å². The molecule has 0 bridgehead atoms. The first-order chi connectivity index (χ1) is 12.8. The van der Waals surface area contributed by atoms with Crippen molar-refractivity contribution < 1.29 is 13.3 Å². The van der Waals surface area contributed by atoms with E-state index in [1.54, 1.807) is 4.90 Å². The van der Waals surface area contributed by atoms with Gasteiger partial charge in [0, 0.05) is 25.2 Å². The quantitative estimate of drug-likeness (QED) is 0.627. The molecule has 1 aliphatic rings. The van der Waals surface area contributed by atoms with Crippen LogP contribution in [0.1, 0.15) is 24.5 Å². The molecule has 3 rings (SSSR count). The van der Waals surface area contributed by atoms with Crippen LogP contribution < -0.4 is 10.0 Å². The molecule has 0 aromatic heterocycles. The molecule has 2 N–H and O–H groups in total. The molecule has 2 aromatic carbocycles. The zero-order chi connectivity index (χ0) is 19.6. The standard InChI is InChI=1S/C19H21N3O4S/c1-2-14-3-5-15(6-4-14)16-9-11-21(12-10-16)18-13-17(22(23)24)7-8-19(18)27(20,25)26/h3-9,13H,2,10-12H2,1H3,(H2,20,25,26). The maximum Gasteiger partial charge on any atom is 0.271 e. The van der Waals surface area contributed by atoms with Crippen molar-refractivity contribution >= 4 is 27.0 Å². The van der Waals surface area contributed by atoms with Crippen LogP contribution in [0, 0.1) is 10.1 Å². The maximum absolute atomic E-state index is 11.9. The summed E-state index contributed by atoms with van der Waals surface area (Å²) in [6.45, 7) is 3.11. The van der Waals surface area contributed by atoms with Crippen LogP contribution in [-0.4, -0.2) is 26.4 Å². The Morgan fingerprint density at radius 1 is 1.19 bits per heavy atom. The summed E-state index contributed by atoms with van der Waals surface area (Å²) >= 11 is 0. The van der Waals surface area contributed by atoms with E-state index in [-0.39, 0.29) is 16.3 Å². The van der Waals surface area contributed by atoms with Crippen LogP contribution in [0.4, 0.5) is 11.4 Å². The van der Waals surface area contributed by atoms with E-state index in [1.165, 1.54) is 23.3 Å². The van der Waals surface area contributed by atoms with Gasteiger partial charge in [0.05, 0.1) is 10.6 Å². The fourth-order valence-corrected chi connectivity index (χ4v) is 3.95. The van der Waals surface area contributed by atoms with E-state index in [4.69, 9.17) is 5.14 Å². The molecule has 0 fully saturated rings. The van der Waals surface area contributed by atoms with Crippen molar-refractivity contribution in [3.63, 3.8) is 0 Å². The van der Waals surface area contributed by atoms with Gasteiger partial charge in [0.2, 0.25) is 10.0 Å². The zero-order valence-corrected chi connectivity index (χ0v) is 15.8. The normalized spacial score (nSPS) is 14.7. The zero-order valence-electron chi connectivity index (χ0n) is 15.0.